The zero-order valence-electron chi connectivity index (χ0n) is 24.8. The fourth-order valence-electron chi connectivity index (χ4n) is 5.67. The van der Waals surface area contributed by atoms with Gasteiger partial charge in [0.1, 0.15) is 0 Å². The summed E-state index contributed by atoms with van der Waals surface area (Å²) in [6.07, 6.45) is 19.2. The molecule has 1 atom stereocenters. The Bertz CT molecular complexity index is 1230. The first kappa shape index (κ1) is 29.7. The van der Waals surface area contributed by atoms with Crippen molar-refractivity contribution < 1.29 is 0 Å². The third-order valence-electron chi connectivity index (χ3n) is 8.22. The summed E-state index contributed by atoms with van der Waals surface area (Å²) in [5.74, 6) is 8.15. The Morgan fingerprint density at radius 3 is 2.60 bits per heavy atom. The first-order valence-electron chi connectivity index (χ1n) is 15.5. The molecular weight excluding hydrogens is 484 g/mol. The number of likely N-dealkylation sites (tertiary alicyclic amines) is 1. The Hall–Kier alpha value is -3.28. The van der Waals surface area contributed by atoms with E-state index >= 15 is 0 Å². The van der Waals surface area contributed by atoms with Crippen LogP contribution in [0.5, 0.6) is 0 Å². The summed E-state index contributed by atoms with van der Waals surface area (Å²) in [7, 11) is 0. The molecule has 2 aliphatic rings. The van der Waals surface area contributed by atoms with Crippen molar-refractivity contribution in [3.05, 3.63) is 119 Å². The van der Waals surface area contributed by atoms with Crippen molar-refractivity contribution in [2.24, 2.45) is 11.8 Å². The van der Waals surface area contributed by atoms with Crippen LogP contribution in [0.4, 0.5) is 0 Å². The van der Waals surface area contributed by atoms with E-state index in [9.17, 15) is 0 Å². The fraction of sp³-hybridized carbons (Fsp3) is 0.421. The van der Waals surface area contributed by atoms with Crippen LogP contribution in [0.2, 0.25) is 0 Å². The van der Waals surface area contributed by atoms with Crippen LogP contribution >= 0.6 is 0 Å². The summed E-state index contributed by atoms with van der Waals surface area (Å²) in [4.78, 5) is 2.61. The Balaban J connectivity index is 1.23. The number of benzene rings is 2. The molecule has 1 aliphatic carbocycles. The highest BCUT2D eigenvalue weighted by atomic mass is 15.1. The zero-order valence-corrected chi connectivity index (χ0v) is 24.8. The maximum atomic E-state index is 4.37. The smallest absolute Gasteiger partial charge is 0.0340 e. The summed E-state index contributed by atoms with van der Waals surface area (Å²) >= 11 is 0. The molecule has 1 saturated heterocycles. The molecule has 0 radical (unpaired) electrons. The van der Waals surface area contributed by atoms with Gasteiger partial charge in [-0.05, 0) is 92.4 Å². The third kappa shape index (κ3) is 10.0. The average molecular weight is 533 g/mol. The molecule has 1 unspecified atom stereocenters. The molecule has 210 valence electrons. The zero-order chi connectivity index (χ0) is 28.0. The molecule has 2 aromatic rings. The topological polar surface area (TPSA) is 15.3 Å². The van der Waals surface area contributed by atoms with Gasteiger partial charge in [-0.2, -0.15) is 0 Å². The number of hydrogen-bond acceptors (Lipinski definition) is 2. The molecule has 0 spiro atoms. The largest absolute Gasteiger partial charge is 0.385 e. The summed E-state index contributed by atoms with van der Waals surface area (Å²) < 4.78 is 0. The van der Waals surface area contributed by atoms with E-state index in [0.29, 0.717) is 0 Å². The van der Waals surface area contributed by atoms with Crippen molar-refractivity contribution in [3.8, 4) is 11.8 Å². The predicted molar refractivity (Wildman–Crippen MR) is 172 cm³/mol. The summed E-state index contributed by atoms with van der Waals surface area (Å²) in [5.41, 5.74) is 7.30. The molecule has 1 N–H and O–H groups in total. The van der Waals surface area contributed by atoms with Gasteiger partial charge in [0.2, 0.25) is 0 Å². The second-order valence-electron chi connectivity index (χ2n) is 11.7. The van der Waals surface area contributed by atoms with Crippen molar-refractivity contribution in [2.45, 2.75) is 71.8 Å². The molecule has 40 heavy (non-hydrogen) atoms. The summed E-state index contributed by atoms with van der Waals surface area (Å²) in [5, 5.41) is 3.60. The molecule has 0 amide bonds. The van der Waals surface area contributed by atoms with Crippen molar-refractivity contribution >= 4 is 0 Å². The fourth-order valence-corrected chi connectivity index (χ4v) is 5.67. The highest BCUT2D eigenvalue weighted by molar-refractivity contribution is 5.45. The Labute approximate surface area is 244 Å². The molecule has 1 fully saturated rings. The van der Waals surface area contributed by atoms with E-state index < -0.39 is 0 Å². The van der Waals surface area contributed by atoms with Gasteiger partial charge in [-0.3, -0.25) is 4.90 Å². The molecule has 4 rings (SSSR count). The van der Waals surface area contributed by atoms with Crippen LogP contribution in [0.15, 0.2) is 102 Å². The number of nitrogens with zero attached hydrogens (tertiary/aromatic N) is 1. The van der Waals surface area contributed by atoms with Gasteiger partial charge in [0, 0.05) is 29.9 Å². The van der Waals surface area contributed by atoms with Crippen LogP contribution in [0.3, 0.4) is 0 Å². The molecular formula is C38H48N2. The van der Waals surface area contributed by atoms with E-state index in [4.69, 9.17) is 0 Å². The minimum Gasteiger partial charge on any atom is -0.385 e. The van der Waals surface area contributed by atoms with Crippen LogP contribution < -0.4 is 5.32 Å². The average Bonchev–Trinajstić information content (AvgIpc) is 3.22. The standard InChI is InChI=1S/C38H48N2/c1-4-5-12-31(2)21-24-39-32(3)38-18-10-9-15-36(29-38)27-35-22-25-40(26-23-35)30-37-17-11-16-34(28-37)20-19-33-13-7-6-8-14-33/h6-8,10-11,13-18,28-29,31,35,39H,3-5,9,12,21-27,30H2,1-2H3. The number of nitrogens with one attached hydrogen (secondary N) is 1. The SMILES string of the molecule is C=C(NCCC(C)CCCC)C1=CC(CC2CCN(Cc3cccc(C#Cc4ccccc4)c3)CC2)=CCC=C1. The van der Waals surface area contributed by atoms with Crippen molar-refractivity contribution in [1.82, 2.24) is 10.2 Å². The molecule has 0 saturated carbocycles. The molecule has 1 aliphatic heterocycles. The molecule has 2 nitrogen and oxygen atoms in total. The Morgan fingerprint density at radius 1 is 1.02 bits per heavy atom. The normalized spacial score (nSPS) is 16.8. The van der Waals surface area contributed by atoms with E-state index in [1.165, 1.54) is 61.7 Å². The van der Waals surface area contributed by atoms with Crippen LogP contribution in [-0.4, -0.2) is 24.5 Å². The van der Waals surface area contributed by atoms with Gasteiger partial charge in [-0.1, -0.05) is 112 Å². The van der Waals surface area contributed by atoms with Gasteiger partial charge >= 0.3 is 0 Å². The molecule has 0 aromatic heterocycles. The lowest BCUT2D eigenvalue weighted by atomic mass is 9.89. The second-order valence-corrected chi connectivity index (χ2v) is 11.7. The lowest BCUT2D eigenvalue weighted by Gasteiger charge is -2.32. The van der Waals surface area contributed by atoms with Crippen LogP contribution in [-0.2, 0) is 6.54 Å². The number of piperidine rings is 1. The number of hydrogen-bond donors (Lipinski definition) is 1. The van der Waals surface area contributed by atoms with Gasteiger partial charge in [0.15, 0.2) is 0 Å². The molecule has 2 aromatic carbocycles. The maximum absolute atomic E-state index is 4.37. The monoisotopic (exact) mass is 532 g/mol. The van der Waals surface area contributed by atoms with Crippen molar-refractivity contribution in [2.75, 3.05) is 19.6 Å². The first-order valence-corrected chi connectivity index (χ1v) is 15.5. The highest BCUT2D eigenvalue weighted by Crippen LogP contribution is 2.28. The van der Waals surface area contributed by atoms with E-state index in [0.717, 1.165) is 61.3 Å². The van der Waals surface area contributed by atoms with Gasteiger partial charge < -0.3 is 5.32 Å². The van der Waals surface area contributed by atoms with Gasteiger partial charge in [-0.15, -0.1) is 0 Å². The van der Waals surface area contributed by atoms with Crippen molar-refractivity contribution in [3.63, 3.8) is 0 Å². The van der Waals surface area contributed by atoms with Gasteiger partial charge in [0.25, 0.3) is 0 Å². The minimum atomic E-state index is 0.752. The summed E-state index contributed by atoms with van der Waals surface area (Å²) in [6, 6.07) is 19.0. The minimum absolute atomic E-state index is 0.752. The van der Waals surface area contributed by atoms with Crippen molar-refractivity contribution in [1.29, 1.82) is 0 Å². The van der Waals surface area contributed by atoms with Crippen LogP contribution in [0, 0.1) is 23.7 Å². The van der Waals surface area contributed by atoms with Gasteiger partial charge in [-0.25, -0.2) is 0 Å². The lowest BCUT2D eigenvalue weighted by molar-refractivity contribution is 0.177. The van der Waals surface area contributed by atoms with E-state index in [2.05, 4.69) is 103 Å². The van der Waals surface area contributed by atoms with E-state index in [1.54, 1.807) is 0 Å². The highest BCUT2D eigenvalue weighted by Gasteiger charge is 2.20. The Kier molecular flexibility index (Phi) is 12.0. The number of allylic oxidation sites excluding steroid dienone is 5. The van der Waals surface area contributed by atoms with E-state index in [1.807, 2.05) is 18.2 Å². The maximum Gasteiger partial charge on any atom is 0.0340 e. The number of rotatable bonds is 12. The van der Waals surface area contributed by atoms with Crippen LogP contribution in [0.1, 0.15) is 81.9 Å². The quantitative estimate of drug-likeness (QED) is 0.275. The first-order chi connectivity index (χ1) is 19.6. The summed E-state index contributed by atoms with van der Waals surface area (Å²) in [6.45, 7) is 13.4. The van der Waals surface area contributed by atoms with Gasteiger partial charge in [0.05, 0.1) is 0 Å². The molecule has 0 bridgehead atoms. The predicted octanol–water partition coefficient (Wildman–Crippen LogP) is 8.82. The molecule has 2 heteroatoms. The lowest BCUT2D eigenvalue weighted by Crippen LogP contribution is -2.33. The Morgan fingerprint density at radius 2 is 1.80 bits per heavy atom. The molecule has 1 heterocycles. The second kappa shape index (κ2) is 16.1. The van der Waals surface area contributed by atoms with E-state index in [-0.39, 0.29) is 0 Å². The van der Waals surface area contributed by atoms with Crippen LogP contribution in [0.25, 0.3) is 0 Å². The number of unbranched alkanes of at least 4 members (excludes halogenated alkanes) is 1. The third-order valence-corrected chi connectivity index (χ3v) is 8.22.